The molecule has 2 aromatic rings. The number of rotatable bonds is 2. The van der Waals surface area contributed by atoms with Crippen molar-refractivity contribution in [2.45, 2.75) is 18.9 Å². The van der Waals surface area contributed by atoms with Crippen molar-refractivity contribution in [1.29, 1.82) is 0 Å². The first-order valence-electron chi connectivity index (χ1n) is 6.03. The molecule has 0 aromatic heterocycles. The summed E-state index contributed by atoms with van der Waals surface area (Å²) in [5.41, 5.74) is 3.97. The minimum absolute atomic E-state index is 0.402. The average Bonchev–Trinajstić information content (AvgIpc) is 2.75. The molecule has 3 rings (SSSR count). The molecule has 0 saturated heterocycles. The summed E-state index contributed by atoms with van der Waals surface area (Å²) >= 11 is 9.44. The lowest BCUT2D eigenvalue weighted by molar-refractivity contribution is 0.762. The predicted molar refractivity (Wildman–Crippen MR) is 80.3 cm³/mol. The van der Waals surface area contributed by atoms with Gasteiger partial charge in [0.25, 0.3) is 0 Å². The van der Waals surface area contributed by atoms with E-state index < -0.39 is 0 Å². The van der Waals surface area contributed by atoms with Gasteiger partial charge in [0.1, 0.15) is 0 Å². The van der Waals surface area contributed by atoms with Crippen LogP contribution in [0.1, 0.15) is 23.6 Å². The molecule has 2 aromatic carbocycles. The number of aryl methyl sites for hydroxylation is 1. The van der Waals surface area contributed by atoms with Crippen LogP contribution in [0, 0.1) is 0 Å². The van der Waals surface area contributed by atoms with Crippen molar-refractivity contribution in [3.63, 3.8) is 0 Å². The molecule has 1 atom stereocenters. The molecule has 0 spiro atoms. The number of halogens is 2. The van der Waals surface area contributed by atoms with E-state index >= 15 is 0 Å². The summed E-state index contributed by atoms with van der Waals surface area (Å²) in [7, 11) is 0. The lowest BCUT2D eigenvalue weighted by atomic mass is 10.1. The van der Waals surface area contributed by atoms with Crippen LogP contribution in [-0.4, -0.2) is 0 Å². The van der Waals surface area contributed by atoms with E-state index in [-0.39, 0.29) is 0 Å². The molecule has 0 fully saturated rings. The highest BCUT2D eigenvalue weighted by atomic mass is 79.9. The highest BCUT2D eigenvalue weighted by Crippen LogP contribution is 2.35. The lowest BCUT2D eigenvalue weighted by Crippen LogP contribution is -2.06. The van der Waals surface area contributed by atoms with Gasteiger partial charge in [0.15, 0.2) is 0 Å². The van der Waals surface area contributed by atoms with Crippen LogP contribution in [0.3, 0.4) is 0 Å². The Labute approximate surface area is 120 Å². The largest absolute Gasteiger partial charge is 0.378 e. The van der Waals surface area contributed by atoms with Gasteiger partial charge in [-0.2, -0.15) is 0 Å². The van der Waals surface area contributed by atoms with Crippen molar-refractivity contribution in [3.8, 4) is 0 Å². The van der Waals surface area contributed by atoms with Crippen LogP contribution >= 0.6 is 27.5 Å². The van der Waals surface area contributed by atoms with Crippen molar-refractivity contribution >= 4 is 33.2 Å². The SMILES string of the molecule is Clc1ccc(NC2CCc3ccc(Br)cc32)cc1. The minimum atomic E-state index is 0.402. The topological polar surface area (TPSA) is 12.0 Å². The molecule has 92 valence electrons. The van der Waals surface area contributed by atoms with Crippen LogP contribution in [0.15, 0.2) is 46.9 Å². The van der Waals surface area contributed by atoms with E-state index in [2.05, 4.69) is 39.4 Å². The average molecular weight is 323 g/mol. The fourth-order valence-corrected chi connectivity index (χ4v) is 2.98. The van der Waals surface area contributed by atoms with Gasteiger partial charge in [0.05, 0.1) is 6.04 Å². The molecule has 1 nitrogen and oxygen atoms in total. The Balaban J connectivity index is 1.84. The third-order valence-electron chi connectivity index (χ3n) is 3.37. The number of anilines is 1. The number of benzene rings is 2. The summed E-state index contributed by atoms with van der Waals surface area (Å²) in [5.74, 6) is 0. The highest BCUT2D eigenvalue weighted by Gasteiger charge is 2.22. The smallest absolute Gasteiger partial charge is 0.0520 e. The molecule has 0 saturated carbocycles. The fraction of sp³-hybridized carbons (Fsp3) is 0.200. The van der Waals surface area contributed by atoms with Crippen molar-refractivity contribution in [2.75, 3.05) is 5.32 Å². The van der Waals surface area contributed by atoms with Crippen LogP contribution in [-0.2, 0) is 6.42 Å². The zero-order valence-electron chi connectivity index (χ0n) is 9.79. The molecule has 0 radical (unpaired) electrons. The standard InChI is InChI=1S/C15H13BrClN/c16-11-3-1-10-2-8-15(14(10)9-11)18-13-6-4-12(17)5-7-13/h1,3-7,9,15,18H,2,8H2. The van der Waals surface area contributed by atoms with E-state index in [9.17, 15) is 0 Å². The molecular weight excluding hydrogens is 310 g/mol. The van der Waals surface area contributed by atoms with Crippen molar-refractivity contribution in [1.82, 2.24) is 0 Å². The summed E-state index contributed by atoms with van der Waals surface area (Å²) in [5, 5.41) is 4.35. The first kappa shape index (κ1) is 12.1. The molecule has 3 heteroatoms. The summed E-state index contributed by atoms with van der Waals surface area (Å²) in [6.45, 7) is 0. The first-order valence-corrected chi connectivity index (χ1v) is 7.20. The molecule has 0 amide bonds. The third kappa shape index (κ3) is 2.40. The number of nitrogens with one attached hydrogen (secondary N) is 1. The summed E-state index contributed by atoms with van der Waals surface area (Å²) in [4.78, 5) is 0. The molecule has 1 aliphatic carbocycles. The second-order valence-electron chi connectivity index (χ2n) is 4.59. The maximum absolute atomic E-state index is 5.90. The van der Waals surface area contributed by atoms with E-state index in [0.29, 0.717) is 6.04 Å². The maximum atomic E-state index is 5.90. The first-order chi connectivity index (χ1) is 8.72. The minimum Gasteiger partial charge on any atom is -0.378 e. The normalized spacial score (nSPS) is 17.6. The Kier molecular flexibility index (Phi) is 3.31. The van der Waals surface area contributed by atoms with Crippen LogP contribution in [0.2, 0.25) is 5.02 Å². The van der Waals surface area contributed by atoms with Crippen molar-refractivity contribution in [3.05, 3.63) is 63.1 Å². The van der Waals surface area contributed by atoms with E-state index in [1.807, 2.05) is 24.3 Å². The highest BCUT2D eigenvalue weighted by molar-refractivity contribution is 9.10. The molecule has 0 aliphatic heterocycles. The predicted octanol–water partition coefficient (Wildman–Crippen LogP) is 5.20. The fourth-order valence-electron chi connectivity index (χ4n) is 2.47. The van der Waals surface area contributed by atoms with E-state index in [0.717, 1.165) is 28.0 Å². The maximum Gasteiger partial charge on any atom is 0.0520 e. The number of fused-ring (bicyclic) bond motifs is 1. The Morgan fingerprint density at radius 2 is 1.89 bits per heavy atom. The van der Waals surface area contributed by atoms with E-state index in [4.69, 9.17) is 11.6 Å². The van der Waals surface area contributed by atoms with Gasteiger partial charge in [0.2, 0.25) is 0 Å². The Bertz CT molecular complexity index is 565. The van der Waals surface area contributed by atoms with Crippen LogP contribution < -0.4 is 5.32 Å². The quantitative estimate of drug-likeness (QED) is 0.801. The lowest BCUT2D eigenvalue weighted by Gasteiger charge is -2.15. The Morgan fingerprint density at radius 3 is 2.67 bits per heavy atom. The van der Waals surface area contributed by atoms with Gasteiger partial charge in [0, 0.05) is 15.2 Å². The second kappa shape index (κ2) is 4.94. The third-order valence-corrected chi connectivity index (χ3v) is 4.12. The zero-order valence-corrected chi connectivity index (χ0v) is 12.1. The number of hydrogen-bond acceptors (Lipinski definition) is 1. The van der Waals surface area contributed by atoms with Gasteiger partial charge >= 0.3 is 0 Å². The Hall–Kier alpha value is -0.990. The summed E-state index contributed by atoms with van der Waals surface area (Å²) in [6.07, 6.45) is 2.29. The van der Waals surface area contributed by atoms with Gasteiger partial charge in [-0.15, -0.1) is 0 Å². The van der Waals surface area contributed by atoms with Gasteiger partial charge < -0.3 is 5.32 Å². The van der Waals surface area contributed by atoms with Crippen LogP contribution in [0.4, 0.5) is 5.69 Å². The molecular formula is C15H13BrClN. The van der Waals surface area contributed by atoms with Gasteiger partial charge in [-0.05, 0) is 60.4 Å². The second-order valence-corrected chi connectivity index (χ2v) is 5.94. The molecule has 18 heavy (non-hydrogen) atoms. The van der Waals surface area contributed by atoms with Crippen molar-refractivity contribution < 1.29 is 0 Å². The molecule has 1 N–H and O–H groups in total. The van der Waals surface area contributed by atoms with E-state index in [1.54, 1.807) is 0 Å². The molecule has 0 heterocycles. The van der Waals surface area contributed by atoms with Crippen molar-refractivity contribution in [2.24, 2.45) is 0 Å². The van der Waals surface area contributed by atoms with Gasteiger partial charge in [-0.25, -0.2) is 0 Å². The Morgan fingerprint density at radius 1 is 1.11 bits per heavy atom. The van der Waals surface area contributed by atoms with Gasteiger partial charge in [-0.3, -0.25) is 0 Å². The monoisotopic (exact) mass is 321 g/mol. The van der Waals surface area contributed by atoms with Crippen LogP contribution in [0.5, 0.6) is 0 Å². The van der Waals surface area contributed by atoms with Gasteiger partial charge in [-0.1, -0.05) is 33.6 Å². The number of hydrogen-bond donors (Lipinski definition) is 1. The summed E-state index contributed by atoms with van der Waals surface area (Å²) < 4.78 is 1.14. The van der Waals surface area contributed by atoms with Crippen LogP contribution in [0.25, 0.3) is 0 Å². The zero-order chi connectivity index (χ0) is 12.5. The molecule has 1 aliphatic rings. The molecule has 1 unspecified atom stereocenters. The van der Waals surface area contributed by atoms with E-state index in [1.165, 1.54) is 11.1 Å². The summed E-state index contributed by atoms with van der Waals surface area (Å²) in [6, 6.07) is 14.8. The molecule has 0 bridgehead atoms.